The Balaban J connectivity index is 1.61. The fraction of sp³-hybridized carbons (Fsp3) is 0.429. The standard InChI is InChI=1S/C14H14ClN3O2/c15-13-12-9(2-4-20-12)10(5-16-13)14(19)17-11-7-18-3-1-8(11)6-18/h2,4-5,8,11H,1,3,6-7H2,(H,17,19). The monoisotopic (exact) mass is 291 g/mol. The molecule has 5 nitrogen and oxygen atoms in total. The summed E-state index contributed by atoms with van der Waals surface area (Å²) >= 11 is 5.95. The molecule has 0 saturated carbocycles. The van der Waals surface area contributed by atoms with E-state index in [1.165, 1.54) is 18.9 Å². The molecule has 0 aliphatic carbocycles. The maximum Gasteiger partial charge on any atom is 0.253 e. The number of fused-ring (bicyclic) bond motifs is 3. The first-order valence-corrected chi connectivity index (χ1v) is 7.15. The minimum Gasteiger partial charge on any atom is -0.461 e. The van der Waals surface area contributed by atoms with Gasteiger partial charge < -0.3 is 14.6 Å². The van der Waals surface area contributed by atoms with Crippen LogP contribution in [-0.4, -0.2) is 41.5 Å². The van der Waals surface area contributed by atoms with E-state index in [0.29, 0.717) is 22.5 Å². The molecule has 2 bridgehead atoms. The van der Waals surface area contributed by atoms with Crippen molar-refractivity contribution in [2.45, 2.75) is 12.5 Å². The summed E-state index contributed by atoms with van der Waals surface area (Å²) < 4.78 is 5.28. The zero-order valence-corrected chi connectivity index (χ0v) is 11.6. The lowest BCUT2D eigenvalue weighted by atomic mass is 9.99. The van der Waals surface area contributed by atoms with Crippen molar-refractivity contribution >= 4 is 28.5 Å². The first-order valence-electron chi connectivity index (χ1n) is 6.77. The van der Waals surface area contributed by atoms with Gasteiger partial charge in [0.25, 0.3) is 5.91 Å². The van der Waals surface area contributed by atoms with E-state index in [1.54, 1.807) is 6.07 Å². The molecule has 6 heteroatoms. The minimum atomic E-state index is -0.0979. The summed E-state index contributed by atoms with van der Waals surface area (Å²) in [6, 6.07) is 2.00. The smallest absolute Gasteiger partial charge is 0.253 e. The largest absolute Gasteiger partial charge is 0.461 e. The molecule has 0 aromatic carbocycles. The Morgan fingerprint density at radius 1 is 1.50 bits per heavy atom. The van der Waals surface area contributed by atoms with Crippen LogP contribution >= 0.6 is 11.6 Å². The molecule has 1 N–H and O–H groups in total. The molecule has 0 spiro atoms. The normalized spacial score (nSPS) is 28.1. The summed E-state index contributed by atoms with van der Waals surface area (Å²) in [6.07, 6.45) is 4.21. The van der Waals surface area contributed by atoms with E-state index in [4.69, 9.17) is 16.0 Å². The molecule has 0 radical (unpaired) electrons. The lowest BCUT2D eigenvalue weighted by Crippen LogP contribution is -2.43. The number of hydrogen-bond donors (Lipinski definition) is 1. The quantitative estimate of drug-likeness (QED) is 0.859. The van der Waals surface area contributed by atoms with Crippen LogP contribution in [0.4, 0.5) is 0 Å². The lowest BCUT2D eigenvalue weighted by Gasteiger charge is -2.23. The Morgan fingerprint density at radius 3 is 3.15 bits per heavy atom. The van der Waals surface area contributed by atoms with Gasteiger partial charge in [0.2, 0.25) is 0 Å². The number of nitrogens with one attached hydrogen (secondary N) is 1. The van der Waals surface area contributed by atoms with Crippen molar-refractivity contribution in [3.05, 3.63) is 29.2 Å². The van der Waals surface area contributed by atoms with Crippen LogP contribution in [0.25, 0.3) is 11.0 Å². The van der Waals surface area contributed by atoms with E-state index in [2.05, 4.69) is 15.2 Å². The third-order valence-electron chi connectivity index (χ3n) is 4.34. The Bertz CT molecular complexity index is 684. The number of aromatic nitrogens is 1. The molecular formula is C14H14ClN3O2. The lowest BCUT2D eigenvalue weighted by molar-refractivity contribution is 0.0925. The van der Waals surface area contributed by atoms with Crippen LogP contribution in [-0.2, 0) is 0 Å². The second kappa shape index (κ2) is 4.46. The highest BCUT2D eigenvalue weighted by Gasteiger charge is 2.38. The molecule has 2 aromatic rings. The number of carbonyl (C=O) groups excluding carboxylic acids is 1. The molecule has 2 saturated heterocycles. The number of pyridine rings is 1. The highest BCUT2D eigenvalue weighted by molar-refractivity contribution is 6.34. The zero-order valence-electron chi connectivity index (χ0n) is 10.8. The van der Waals surface area contributed by atoms with E-state index in [1.807, 2.05) is 0 Å². The van der Waals surface area contributed by atoms with Crippen LogP contribution in [0.2, 0.25) is 5.15 Å². The summed E-state index contributed by atoms with van der Waals surface area (Å²) in [7, 11) is 0. The summed E-state index contributed by atoms with van der Waals surface area (Å²) in [6.45, 7) is 3.21. The van der Waals surface area contributed by atoms with E-state index in [9.17, 15) is 4.79 Å². The number of furan rings is 1. The molecule has 20 heavy (non-hydrogen) atoms. The maximum atomic E-state index is 12.4. The van der Waals surface area contributed by atoms with Gasteiger partial charge in [0.1, 0.15) is 0 Å². The summed E-state index contributed by atoms with van der Waals surface area (Å²) in [5, 5.41) is 4.12. The number of amides is 1. The molecule has 4 heterocycles. The van der Waals surface area contributed by atoms with E-state index in [0.717, 1.165) is 19.6 Å². The molecular weight excluding hydrogens is 278 g/mol. The fourth-order valence-corrected chi connectivity index (χ4v) is 3.50. The van der Waals surface area contributed by atoms with Crippen molar-refractivity contribution in [2.24, 2.45) is 5.92 Å². The Kier molecular flexibility index (Phi) is 2.72. The first-order chi connectivity index (χ1) is 9.72. The number of nitrogens with zero attached hydrogens (tertiary/aromatic N) is 2. The Morgan fingerprint density at radius 2 is 2.40 bits per heavy atom. The molecule has 4 rings (SSSR count). The predicted molar refractivity (Wildman–Crippen MR) is 74.8 cm³/mol. The molecule has 1 amide bonds. The third kappa shape index (κ3) is 1.81. The van der Waals surface area contributed by atoms with E-state index >= 15 is 0 Å². The molecule has 3 unspecified atom stereocenters. The zero-order chi connectivity index (χ0) is 13.7. The van der Waals surface area contributed by atoms with Gasteiger partial charge in [0, 0.05) is 30.7 Å². The number of rotatable bonds is 2. The summed E-state index contributed by atoms with van der Waals surface area (Å²) in [5.74, 6) is 0.485. The maximum absolute atomic E-state index is 12.4. The number of carbonyl (C=O) groups is 1. The van der Waals surface area contributed by atoms with Crippen molar-refractivity contribution in [1.29, 1.82) is 0 Å². The molecule has 2 aliphatic heterocycles. The number of piperidine rings is 1. The van der Waals surface area contributed by atoms with Gasteiger partial charge in [-0.3, -0.25) is 4.79 Å². The van der Waals surface area contributed by atoms with Gasteiger partial charge in [-0.25, -0.2) is 4.98 Å². The van der Waals surface area contributed by atoms with Gasteiger partial charge in [0.05, 0.1) is 11.8 Å². The first kappa shape index (κ1) is 12.2. The van der Waals surface area contributed by atoms with Crippen LogP contribution in [0, 0.1) is 5.92 Å². The highest BCUT2D eigenvalue weighted by Crippen LogP contribution is 2.29. The van der Waals surface area contributed by atoms with Crippen molar-refractivity contribution in [3.8, 4) is 0 Å². The molecule has 2 aliphatic rings. The Labute approximate surface area is 120 Å². The van der Waals surface area contributed by atoms with Crippen molar-refractivity contribution in [1.82, 2.24) is 15.2 Å². The van der Waals surface area contributed by atoms with E-state index < -0.39 is 0 Å². The molecule has 2 fully saturated rings. The highest BCUT2D eigenvalue weighted by atomic mass is 35.5. The average molecular weight is 292 g/mol. The van der Waals surface area contributed by atoms with Gasteiger partial charge in [0.15, 0.2) is 10.7 Å². The van der Waals surface area contributed by atoms with Crippen molar-refractivity contribution in [2.75, 3.05) is 19.6 Å². The van der Waals surface area contributed by atoms with Crippen LogP contribution < -0.4 is 5.32 Å². The fourth-order valence-electron chi connectivity index (χ4n) is 3.31. The van der Waals surface area contributed by atoms with Crippen LogP contribution in [0.5, 0.6) is 0 Å². The molecule has 3 atom stereocenters. The Hall–Kier alpha value is -1.59. The second-order valence-corrected chi connectivity index (χ2v) is 5.87. The number of hydrogen-bond acceptors (Lipinski definition) is 4. The van der Waals surface area contributed by atoms with Crippen molar-refractivity contribution in [3.63, 3.8) is 0 Å². The van der Waals surface area contributed by atoms with Gasteiger partial charge in [-0.1, -0.05) is 11.6 Å². The summed E-state index contributed by atoms with van der Waals surface area (Å²) in [4.78, 5) is 18.9. The van der Waals surface area contributed by atoms with Crippen LogP contribution in [0.15, 0.2) is 22.9 Å². The van der Waals surface area contributed by atoms with Crippen LogP contribution in [0.1, 0.15) is 16.8 Å². The van der Waals surface area contributed by atoms with Gasteiger partial charge in [-0.2, -0.15) is 0 Å². The third-order valence-corrected chi connectivity index (χ3v) is 4.61. The number of halogens is 1. The average Bonchev–Trinajstić information content (AvgIpc) is 3.14. The van der Waals surface area contributed by atoms with Gasteiger partial charge in [-0.15, -0.1) is 0 Å². The SMILES string of the molecule is O=C(NC1CN2CCC1C2)c1cnc(Cl)c2occc12. The van der Waals surface area contributed by atoms with Gasteiger partial charge >= 0.3 is 0 Å². The summed E-state index contributed by atoms with van der Waals surface area (Å²) in [5.41, 5.74) is 0.993. The molecule has 104 valence electrons. The predicted octanol–water partition coefficient (Wildman–Crippen LogP) is 1.92. The topological polar surface area (TPSA) is 58.4 Å². The minimum absolute atomic E-state index is 0.0979. The second-order valence-electron chi connectivity index (χ2n) is 5.51. The van der Waals surface area contributed by atoms with E-state index in [-0.39, 0.29) is 17.1 Å². The molecule has 2 aromatic heterocycles. The van der Waals surface area contributed by atoms with Crippen LogP contribution in [0.3, 0.4) is 0 Å². The van der Waals surface area contributed by atoms with Gasteiger partial charge in [-0.05, 0) is 24.9 Å². The van der Waals surface area contributed by atoms with Crippen molar-refractivity contribution < 1.29 is 9.21 Å².